The minimum Gasteiger partial charge on any atom is -0.454 e. The Hall–Kier alpha value is -2.04. The molecule has 4 heteroatoms. The SMILES string of the molecule is CCOCc1cccc(CCOCc2ccc3c(c2)OCO3)c1. The summed E-state index contributed by atoms with van der Waals surface area (Å²) in [5.74, 6) is 1.61. The van der Waals surface area contributed by atoms with Crippen molar-refractivity contribution < 1.29 is 18.9 Å². The lowest BCUT2D eigenvalue weighted by molar-refractivity contribution is 0.123. The minimum absolute atomic E-state index is 0.303. The van der Waals surface area contributed by atoms with E-state index in [1.807, 2.05) is 25.1 Å². The van der Waals surface area contributed by atoms with Crippen LogP contribution in [0.25, 0.3) is 0 Å². The zero-order valence-corrected chi connectivity index (χ0v) is 13.4. The first-order valence-corrected chi connectivity index (χ1v) is 7.97. The summed E-state index contributed by atoms with van der Waals surface area (Å²) >= 11 is 0. The second-order valence-electron chi connectivity index (χ2n) is 5.45. The van der Waals surface area contributed by atoms with Gasteiger partial charge in [0.05, 0.1) is 19.8 Å². The third-order valence-electron chi connectivity index (χ3n) is 3.71. The van der Waals surface area contributed by atoms with E-state index >= 15 is 0 Å². The third-order valence-corrected chi connectivity index (χ3v) is 3.71. The summed E-state index contributed by atoms with van der Waals surface area (Å²) in [5, 5.41) is 0. The van der Waals surface area contributed by atoms with Gasteiger partial charge in [-0.1, -0.05) is 30.3 Å². The Kier molecular flexibility index (Phi) is 5.51. The fourth-order valence-electron chi connectivity index (χ4n) is 2.51. The average molecular weight is 314 g/mol. The fourth-order valence-corrected chi connectivity index (χ4v) is 2.51. The summed E-state index contributed by atoms with van der Waals surface area (Å²) in [6.45, 7) is 4.98. The molecule has 23 heavy (non-hydrogen) atoms. The highest BCUT2D eigenvalue weighted by molar-refractivity contribution is 5.44. The Balaban J connectivity index is 1.44. The van der Waals surface area contributed by atoms with Crippen LogP contribution in [0, 0.1) is 0 Å². The van der Waals surface area contributed by atoms with E-state index in [4.69, 9.17) is 18.9 Å². The van der Waals surface area contributed by atoms with Crippen molar-refractivity contribution in [3.63, 3.8) is 0 Å². The molecular formula is C19H22O4. The van der Waals surface area contributed by atoms with Crippen molar-refractivity contribution in [3.05, 3.63) is 59.2 Å². The molecule has 2 aromatic carbocycles. The highest BCUT2D eigenvalue weighted by Gasteiger charge is 2.12. The number of fused-ring (bicyclic) bond motifs is 1. The molecule has 0 saturated heterocycles. The average Bonchev–Trinajstić information content (AvgIpc) is 3.05. The van der Waals surface area contributed by atoms with Gasteiger partial charge < -0.3 is 18.9 Å². The topological polar surface area (TPSA) is 36.9 Å². The molecule has 0 amide bonds. The van der Waals surface area contributed by atoms with Gasteiger partial charge in [-0.25, -0.2) is 0 Å². The summed E-state index contributed by atoms with van der Waals surface area (Å²) in [5.41, 5.74) is 3.58. The van der Waals surface area contributed by atoms with E-state index in [9.17, 15) is 0 Å². The van der Waals surface area contributed by atoms with Crippen molar-refractivity contribution in [2.75, 3.05) is 20.0 Å². The summed E-state index contributed by atoms with van der Waals surface area (Å²) in [7, 11) is 0. The summed E-state index contributed by atoms with van der Waals surface area (Å²) in [6, 6.07) is 14.4. The Morgan fingerprint density at radius 3 is 2.57 bits per heavy atom. The van der Waals surface area contributed by atoms with Gasteiger partial charge >= 0.3 is 0 Å². The zero-order valence-electron chi connectivity index (χ0n) is 13.4. The molecule has 1 heterocycles. The monoisotopic (exact) mass is 314 g/mol. The van der Waals surface area contributed by atoms with Crippen LogP contribution in [0.2, 0.25) is 0 Å². The molecule has 0 aliphatic carbocycles. The van der Waals surface area contributed by atoms with Crippen LogP contribution in [0.4, 0.5) is 0 Å². The van der Waals surface area contributed by atoms with Gasteiger partial charge in [-0.15, -0.1) is 0 Å². The molecule has 0 N–H and O–H groups in total. The fraction of sp³-hybridized carbons (Fsp3) is 0.368. The summed E-state index contributed by atoms with van der Waals surface area (Å²) in [4.78, 5) is 0. The van der Waals surface area contributed by atoms with Gasteiger partial charge in [0, 0.05) is 6.61 Å². The van der Waals surface area contributed by atoms with Crippen LogP contribution in [0.3, 0.4) is 0 Å². The molecule has 0 radical (unpaired) electrons. The van der Waals surface area contributed by atoms with Gasteiger partial charge in [-0.05, 0) is 42.2 Å². The molecule has 3 rings (SSSR count). The van der Waals surface area contributed by atoms with Crippen molar-refractivity contribution in [1.29, 1.82) is 0 Å². The summed E-state index contributed by atoms with van der Waals surface area (Å²) in [6.07, 6.45) is 0.893. The van der Waals surface area contributed by atoms with E-state index in [1.165, 1.54) is 11.1 Å². The van der Waals surface area contributed by atoms with Gasteiger partial charge in [0.25, 0.3) is 0 Å². The van der Waals surface area contributed by atoms with Gasteiger partial charge in [-0.2, -0.15) is 0 Å². The molecule has 0 unspecified atom stereocenters. The third kappa shape index (κ3) is 4.47. The lowest BCUT2D eigenvalue weighted by Gasteiger charge is -2.07. The first kappa shape index (κ1) is 15.8. The number of benzene rings is 2. The van der Waals surface area contributed by atoms with Gasteiger partial charge in [-0.3, -0.25) is 0 Å². The van der Waals surface area contributed by atoms with Crippen molar-refractivity contribution in [3.8, 4) is 11.5 Å². The molecule has 0 saturated carbocycles. The first-order chi connectivity index (χ1) is 11.3. The number of ether oxygens (including phenoxy) is 4. The second-order valence-corrected chi connectivity index (χ2v) is 5.45. The van der Waals surface area contributed by atoms with Crippen LogP contribution < -0.4 is 9.47 Å². The first-order valence-electron chi connectivity index (χ1n) is 7.97. The van der Waals surface area contributed by atoms with Crippen LogP contribution in [-0.4, -0.2) is 20.0 Å². The van der Waals surface area contributed by atoms with Gasteiger partial charge in [0.2, 0.25) is 6.79 Å². The van der Waals surface area contributed by atoms with Crippen molar-refractivity contribution in [2.24, 2.45) is 0 Å². The van der Waals surface area contributed by atoms with Crippen molar-refractivity contribution in [1.82, 2.24) is 0 Å². The van der Waals surface area contributed by atoms with Crippen LogP contribution in [0.15, 0.2) is 42.5 Å². The molecule has 0 aromatic heterocycles. The maximum absolute atomic E-state index is 5.78. The number of hydrogen-bond donors (Lipinski definition) is 0. The van der Waals surface area contributed by atoms with E-state index in [0.29, 0.717) is 26.6 Å². The molecular weight excluding hydrogens is 292 g/mol. The maximum atomic E-state index is 5.78. The molecule has 0 bridgehead atoms. The Bertz CT molecular complexity index is 639. The Labute approximate surface area is 136 Å². The predicted octanol–water partition coefficient (Wildman–Crippen LogP) is 3.71. The number of hydrogen-bond acceptors (Lipinski definition) is 4. The maximum Gasteiger partial charge on any atom is 0.231 e. The quantitative estimate of drug-likeness (QED) is 0.696. The molecule has 0 fully saturated rings. The standard InChI is InChI=1S/C19H22O4/c1-2-20-12-16-5-3-4-15(10-16)8-9-21-13-17-6-7-18-19(11-17)23-14-22-18/h3-7,10-11H,2,8-9,12-14H2,1H3. The molecule has 1 aliphatic rings. The zero-order chi connectivity index (χ0) is 15.9. The minimum atomic E-state index is 0.303. The lowest BCUT2D eigenvalue weighted by Crippen LogP contribution is -2.00. The van der Waals surface area contributed by atoms with Gasteiger partial charge in [0.15, 0.2) is 11.5 Å². The van der Waals surface area contributed by atoms with Gasteiger partial charge in [0.1, 0.15) is 0 Å². The predicted molar refractivity (Wildman–Crippen MR) is 87.7 cm³/mol. The van der Waals surface area contributed by atoms with E-state index in [1.54, 1.807) is 0 Å². The van der Waals surface area contributed by atoms with Crippen molar-refractivity contribution in [2.45, 2.75) is 26.6 Å². The molecule has 1 aliphatic heterocycles. The summed E-state index contributed by atoms with van der Waals surface area (Å²) < 4.78 is 21.9. The molecule has 4 nitrogen and oxygen atoms in total. The largest absolute Gasteiger partial charge is 0.454 e. The second kappa shape index (κ2) is 7.99. The van der Waals surface area contributed by atoms with E-state index in [2.05, 4.69) is 24.3 Å². The molecule has 0 atom stereocenters. The highest BCUT2D eigenvalue weighted by atomic mass is 16.7. The van der Waals surface area contributed by atoms with Crippen LogP contribution in [0.1, 0.15) is 23.6 Å². The lowest BCUT2D eigenvalue weighted by atomic mass is 10.1. The highest BCUT2D eigenvalue weighted by Crippen LogP contribution is 2.32. The Morgan fingerprint density at radius 1 is 0.870 bits per heavy atom. The smallest absolute Gasteiger partial charge is 0.231 e. The van der Waals surface area contributed by atoms with E-state index in [-0.39, 0.29) is 0 Å². The van der Waals surface area contributed by atoms with Crippen LogP contribution in [-0.2, 0) is 29.1 Å². The van der Waals surface area contributed by atoms with E-state index in [0.717, 1.165) is 30.1 Å². The number of rotatable bonds is 8. The molecule has 2 aromatic rings. The Morgan fingerprint density at radius 2 is 1.65 bits per heavy atom. The van der Waals surface area contributed by atoms with E-state index < -0.39 is 0 Å². The van der Waals surface area contributed by atoms with Crippen LogP contribution in [0.5, 0.6) is 11.5 Å². The molecule has 122 valence electrons. The normalized spacial score (nSPS) is 12.6. The van der Waals surface area contributed by atoms with Crippen LogP contribution >= 0.6 is 0 Å². The van der Waals surface area contributed by atoms with Crippen molar-refractivity contribution >= 4 is 0 Å². The molecule has 0 spiro atoms.